The van der Waals surface area contributed by atoms with Gasteiger partial charge in [0.1, 0.15) is 5.82 Å². The van der Waals surface area contributed by atoms with Gasteiger partial charge in [-0.3, -0.25) is 9.67 Å². The summed E-state index contributed by atoms with van der Waals surface area (Å²) in [4.78, 5) is 11.5. The molecule has 2 aliphatic rings. The highest BCUT2D eigenvalue weighted by Crippen LogP contribution is 2.32. The summed E-state index contributed by atoms with van der Waals surface area (Å²) in [5.74, 6) is 1.05. The molecule has 8 heteroatoms. The molecule has 4 aromatic rings. The SMILES string of the molecule is CN=Cc1cnn2cc(-c3cnn(C)c3)cc(-c3ccc(N4CC5CCC(C4)N5)nc3)c12. The van der Waals surface area contributed by atoms with Crippen LogP contribution in [0.5, 0.6) is 0 Å². The number of nitrogens with one attached hydrogen (secondary N) is 1. The average molecular weight is 427 g/mol. The van der Waals surface area contributed by atoms with Crippen LogP contribution in [0.4, 0.5) is 5.82 Å². The highest BCUT2D eigenvalue weighted by Gasteiger charge is 2.32. The Bertz CT molecular complexity index is 1290. The Kier molecular flexibility index (Phi) is 4.53. The van der Waals surface area contributed by atoms with Gasteiger partial charge in [0.25, 0.3) is 0 Å². The van der Waals surface area contributed by atoms with Crippen molar-refractivity contribution in [2.75, 3.05) is 25.0 Å². The lowest BCUT2D eigenvalue weighted by Gasteiger charge is -2.33. The predicted molar refractivity (Wildman–Crippen MR) is 126 cm³/mol. The molecule has 0 saturated carbocycles. The van der Waals surface area contributed by atoms with Crippen LogP contribution in [0.25, 0.3) is 27.8 Å². The first kappa shape index (κ1) is 19.2. The molecule has 2 bridgehead atoms. The van der Waals surface area contributed by atoms with Gasteiger partial charge in [0.2, 0.25) is 0 Å². The highest BCUT2D eigenvalue weighted by atomic mass is 15.3. The second-order valence-corrected chi connectivity index (χ2v) is 8.77. The van der Waals surface area contributed by atoms with Crippen LogP contribution in [-0.4, -0.2) is 62.8 Å². The number of aryl methyl sites for hydroxylation is 1. The van der Waals surface area contributed by atoms with Crippen LogP contribution in [0.1, 0.15) is 18.4 Å². The zero-order valence-electron chi connectivity index (χ0n) is 18.3. The summed E-state index contributed by atoms with van der Waals surface area (Å²) in [5, 5.41) is 12.6. The van der Waals surface area contributed by atoms with Crippen LogP contribution >= 0.6 is 0 Å². The van der Waals surface area contributed by atoms with E-state index in [1.165, 1.54) is 12.8 Å². The van der Waals surface area contributed by atoms with Crippen LogP contribution < -0.4 is 10.2 Å². The first-order valence-corrected chi connectivity index (χ1v) is 11.1. The van der Waals surface area contributed by atoms with E-state index in [-0.39, 0.29) is 0 Å². The predicted octanol–water partition coefficient (Wildman–Crippen LogP) is 2.79. The molecule has 32 heavy (non-hydrogen) atoms. The lowest BCUT2D eigenvalue weighted by atomic mass is 10.0. The van der Waals surface area contributed by atoms with E-state index in [2.05, 4.69) is 43.6 Å². The van der Waals surface area contributed by atoms with Gasteiger partial charge in [-0.05, 0) is 31.0 Å². The van der Waals surface area contributed by atoms with Crippen molar-refractivity contribution in [1.29, 1.82) is 0 Å². The number of nitrogens with zero attached hydrogens (tertiary/aromatic N) is 7. The second-order valence-electron chi connectivity index (χ2n) is 8.77. The molecule has 162 valence electrons. The van der Waals surface area contributed by atoms with Crippen molar-refractivity contribution in [3.63, 3.8) is 0 Å². The van der Waals surface area contributed by atoms with Gasteiger partial charge >= 0.3 is 0 Å². The topological polar surface area (TPSA) is 75.6 Å². The molecule has 2 unspecified atom stereocenters. The second kappa shape index (κ2) is 7.56. The Morgan fingerprint density at radius 2 is 1.84 bits per heavy atom. The minimum absolute atomic E-state index is 0.591. The molecule has 4 aromatic heterocycles. The summed E-state index contributed by atoms with van der Waals surface area (Å²) in [5.41, 5.74) is 6.28. The van der Waals surface area contributed by atoms with Crippen molar-refractivity contribution in [3.8, 4) is 22.3 Å². The van der Waals surface area contributed by atoms with Gasteiger partial charge in [-0.25, -0.2) is 9.50 Å². The van der Waals surface area contributed by atoms with Crippen molar-refractivity contribution in [3.05, 3.63) is 54.7 Å². The Labute approximate surface area is 186 Å². The number of hydrogen-bond acceptors (Lipinski definition) is 6. The monoisotopic (exact) mass is 426 g/mol. The molecule has 1 N–H and O–H groups in total. The van der Waals surface area contributed by atoms with Gasteiger partial charge in [0, 0.05) is 91.9 Å². The smallest absolute Gasteiger partial charge is 0.128 e. The molecule has 0 amide bonds. The number of piperazine rings is 1. The number of aliphatic imine (C=N–C) groups is 1. The minimum Gasteiger partial charge on any atom is -0.353 e. The van der Waals surface area contributed by atoms with Gasteiger partial charge in [0.15, 0.2) is 0 Å². The van der Waals surface area contributed by atoms with Crippen molar-refractivity contribution in [2.45, 2.75) is 24.9 Å². The summed E-state index contributed by atoms with van der Waals surface area (Å²) >= 11 is 0. The molecule has 2 atom stereocenters. The van der Waals surface area contributed by atoms with Crippen LogP contribution in [0.3, 0.4) is 0 Å². The first-order valence-electron chi connectivity index (χ1n) is 11.1. The molecular formula is C24H26N8. The number of pyridine rings is 2. The van der Waals surface area contributed by atoms with Crippen molar-refractivity contribution < 1.29 is 0 Å². The average Bonchev–Trinajstić information content (AvgIpc) is 3.52. The van der Waals surface area contributed by atoms with E-state index in [1.54, 1.807) is 7.05 Å². The maximum absolute atomic E-state index is 4.87. The summed E-state index contributed by atoms with van der Waals surface area (Å²) in [6.45, 7) is 2.06. The number of anilines is 1. The number of rotatable bonds is 4. The van der Waals surface area contributed by atoms with E-state index in [0.29, 0.717) is 12.1 Å². The van der Waals surface area contributed by atoms with Gasteiger partial charge < -0.3 is 10.2 Å². The third-order valence-electron chi connectivity index (χ3n) is 6.55. The number of aromatic nitrogens is 5. The molecule has 2 fully saturated rings. The quantitative estimate of drug-likeness (QED) is 0.508. The van der Waals surface area contributed by atoms with Gasteiger partial charge in [-0.15, -0.1) is 0 Å². The summed E-state index contributed by atoms with van der Waals surface area (Å²) in [6, 6.07) is 7.71. The van der Waals surface area contributed by atoms with E-state index in [4.69, 9.17) is 4.98 Å². The third kappa shape index (κ3) is 3.27. The fourth-order valence-corrected chi connectivity index (χ4v) is 5.04. The summed E-state index contributed by atoms with van der Waals surface area (Å²) in [6.07, 6.45) is 14.2. The van der Waals surface area contributed by atoms with Crippen LogP contribution in [-0.2, 0) is 7.05 Å². The van der Waals surface area contributed by atoms with E-state index in [1.807, 2.05) is 53.4 Å². The van der Waals surface area contributed by atoms with Gasteiger partial charge in [-0.1, -0.05) is 0 Å². The fourth-order valence-electron chi connectivity index (χ4n) is 5.04. The molecule has 8 nitrogen and oxygen atoms in total. The molecule has 2 aliphatic heterocycles. The maximum atomic E-state index is 4.87. The standard InChI is InChI=1S/C24H26N8/c1-25-8-18-10-28-32-13-17(19-11-27-30(2)12-19)7-22(24(18)32)16-3-6-23(26-9-16)31-14-20-4-5-21(15-31)29-20/h3,6-13,20-21,29H,4-5,14-15H2,1-2H3. The highest BCUT2D eigenvalue weighted by molar-refractivity contribution is 5.97. The van der Waals surface area contributed by atoms with Crippen LogP contribution in [0.2, 0.25) is 0 Å². The molecule has 6 rings (SSSR count). The maximum Gasteiger partial charge on any atom is 0.128 e. The molecule has 0 spiro atoms. The van der Waals surface area contributed by atoms with Crippen molar-refractivity contribution >= 4 is 17.5 Å². The molecule has 2 saturated heterocycles. The van der Waals surface area contributed by atoms with E-state index in [0.717, 1.165) is 52.2 Å². The normalized spacial score (nSPS) is 20.6. The Balaban J connectivity index is 1.43. The fraction of sp³-hybridized carbons (Fsp3) is 0.333. The van der Waals surface area contributed by atoms with E-state index in [9.17, 15) is 0 Å². The first-order chi connectivity index (χ1) is 15.7. The zero-order chi connectivity index (χ0) is 21.7. The Morgan fingerprint density at radius 3 is 2.53 bits per heavy atom. The number of fused-ring (bicyclic) bond motifs is 3. The summed E-state index contributed by atoms with van der Waals surface area (Å²) < 4.78 is 3.74. The van der Waals surface area contributed by atoms with Crippen molar-refractivity contribution in [1.82, 2.24) is 29.7 Å². The molecular weight excluding hydrogens is 400 g/mol. The lowest BCUT2D eigenvalue weighted by molar-refractivity contribution is 0.463. The molecule has 0 aromatic carbocycles. The molecule has 0 radical (unpaired) electrons. The lowest BCUT2D eigenvalue weighted by Crippen LogP contribution is -2.51. The molecule has 6 heterocycles. The van der Waals surface area contributed by atoms with E-state index < -0.39 is 0 Å². The Hall–Kier alpha value is -3.52. The van der Waals surface area contributed by atoms with Gasteiger partial charge in [-0.2, -0.15) is 10.2 Å². The third-order valence-corrected chi connectivity index (χ3v) is 6.55. The number of hydrogen-bond donors (Lipinski definition) is 1. The minimum atomic E-state index is 0.591. The van der Waals surface area contributed by atoms with Crippen LogP contribution in [0.15, 0.2) is 54.2 Å². The van der Waals surface area contributed by atoms with Crippen molar-refractivity contribution in [2.24, 2.45) is 12.0 Å². The van der Waals surface area contributed by atoms with Gasteiger partial charge in [0.05, 0.1) is 17.9 Å². The van der Waals surface area contributed by atoms with E-state index >= 15 is 0 Å². The molecule has 0 aliphatic carbocycles. The Morgan fingerprint density at radius 1 is 1.00 bits per heavy atom. The van der Waals surface area contributed by atoms with Crippen LogP contribution in [0, 0.1) is 0 Å². The largest absolute Gasteiger partial charge is 0.353 e. The zero-order valence-corrected chi connectivity index (χ0v) is 18.3. The summed E-state index contributed by atoms with van der Waals surface area (Å²) in [7, 11) is 3.71.